The molecule has 0 radical (unpaired) electrons. The Labute approximate surface area is 105 Å². The number of methoxy groups -OCH3 is 1. The van der Waals surface area contributed by atoms with Crippen molar-refractivity contribution < 1.29 is 14.6 Å². The van der Waals surface area contributed by atoms with Gasteiger partial charge in [-0.1, -0.05) is 6.92 Å². The minimum absolute atomic E-state index is 0.127. The SMILES string of the molecule is CCC(C)(C(O)CCCOC)N1CCOCC1. The largest absolute Gasteiger partial charge is 0.391 e. The molecule has 0 amide bonds. The van der Waals surface area contributed by atoms with E-state index in [1.165, 1.54) is 0 Å². The van der Waals surface area contributed by atoms with Crippen LogP contribution >= 0.6 is 0 Å². The molecule has 0 aliphatic carbocycles. The van der Waals surface area contributed by atoms with E-state index < -0.39 is 0 Å². The van der Waals surface area contributed by atoms with Gasteiger partial charge in [-0.05, 0) is 26.2 Å². The van der Waals surface area contributed by atoms with Gasteiger partial charge >= 0.3 is 0 Å². The molecule has 2 atom stereocenters. The lowest BCUT2D eigenvalue weighted by Gasteiger charge is -2.46. The van der Waals surface area contributed by atoms with Crippen molar-refractivity contribution in [1.82, 2.24) is 4.90 Å². The highest BCUT2D eigenvalue weighted by Gasteiger charge is 2.37. The number of nitrogens with zero attached hydrogens (tertiary/aromatic N) is 1. The second-order valence-corrected chi connectivity index (χ2v) is 4.96. The van der Waals surface area contributed by atoms with E-state index in [9.17, 15) is 5.11 Å². The minimum atomic E-state index is -0.291. The zero-order valence-corrected chi connectivity index (χ0v) is 11.4. The Bertz CT molecular complexity index is 207. The molecule has 1 aliphatic heterocycles. The van der Waals surface area contributed by atoms with Gasteiger partial charge in [0, 0.05) is 32.3 Å². The monoisotopic (exact) mass is 245 g/mol. The van der Waals surface area contributed by atoms with E-state index >= 15 is 0 Å². The number of rotatable bonds is 7. The van der Waals surface area contributed by atoms with E-state index in [1.807, 2.05) is 0 Å². The Hall–Kier alpha value is -0.160. The topological polar surface area (TPSA) is 41.9 Å². The highest BCUT2D eigenvalue weighted by Crippen LogP contribution is 2.27. The van der Waals surface area contributed by atoms with E-state index in [2.05, 4.69) is 18.7 Å². The standard InChI is InChI=1S/C13H27NO3/c1-4-13(2,12(15)6-5-9-16-3)14-7-10-17-11-8-14/h12,15H,4-11H2,1-3H3. The van der Waals surface area contributed by atoms with E-state index in [0.29, 0.717) is 0 Å². The normalized spacial score (nSPS) is 23.3. The summed E-state index contributed by atoms with van der Waals surface area (Å²) in [7, 11) is 1.70. The molecule has 0 aromatic heterocycles. The summed E-state index contributed by atoms with van der Waals surface area (Å²) in [6.07, 6.45) is 2.38. The lowest BCUT2D eigenvalue weighted by atomic mass is 9.86. The number of hydrogen-bond acceptors (Lipinski definition) is 4. The first-order valence-electron chi connectivity index (χ1n) is 6.65. The zero-order valence-electron chi connectivity index (χ0n) is 11.4. The van der Waals surface area contributed by atoms with Gasteiger partial charge in [0.25, 0.3) is 0 Å². The molecule has 2 unspecified atom stereocenters. The Morgan fingerprint density at radius 2 is 2.06 bits per heavy atom. The van der Waals surface area contributed by atoms with Gasteiger partial charge in [0.1, 0.15) is 0 Å². The highest BCUT2D eigenvalue weighted by atomic mass is 16.5. The van der Waals surface area contributed by atoms with Crippen LogP contribution in [-0.2, 0) is 9.47 Å². The predicted octanol–water partition coefficient (Wildman–Crippen LogP) is 1.27. The minimum Gasteiger partial charge on any atom is -0.391 e. The van der Waals surface area contributed by atoms with Crippen molar-refractivity contribution in [2.75, 3.05) is 40.0 Å². The van der Waals surface area contributed by atoms with Crippen molar-refractivity contribution in [3.05, 3.63) is 0 Å². The van der Waals surface area contributed by atoms with Crippen molar-refractivity contribution >= 4 is 0 Å². The Balaban J connectivity index is 2.52. The van der Waals surface area contributed by atoms with Crippen molar-refractivity contribution in [3.63, 3.8) is 0 Å². The van der Waals surface area contributed by atoms with E-state index in [0.717, 1.165) is 52.2 Å². The summed E-state index contributed by atoms with van der Waals surface area (Å²) in [5.41, 5.74) is -0.127. The van der Waals surface area contributed by atoms with Gasteiger partial charge in [-0.25, -0.2) is 0 Å². The summed E-state index contributed by atoms with van der Waals surface area (Å²) in [6.45, 7) is 8.43. The molecule has 1 N–H and O–H groups in total. The van der Waals surface area contributed by atoms with Crippen LogP contribution in [0.4, 0.5) is 0 Å². The summed E-state index contributed by atoms with van der Waals surface area (Å²) < 4.78 is 10.4. The van der Waals surface area contributed by atoms with E-state index in [1.54, 1.807) is 7.11 Å². The summed E-state index contributed by atoms with van der Waals surface area (Å²) in [5, 5.41) is 10.4. The fraction of sp³-hybridized carbons (Fsp3) is 1.00. The Morgan fingerprint density at radius 3 is 2.59 bits per heavy atom. The third kappa shape index (κ3) is 3.91. The lowest BCUT2D eigenvalue weighted by molar-refractivity contribution is -0.0754. The predicted molar refractivity (Wildman–Crippen MR) is 68.2 cm³/mol. The van der Waals surface area contributed by atoms with Crippen LogP contribution in [0.3, 0.4) is 0 Å². The van der Waals surface area contributed by atoms with Crippen LogP contribution in [0, 0.1) is 0 Å². The highest BCUT2D eigenvalue weighted by molar-refractivity contribution is 4.92. The maximum atomic E-state index is 10.4. The Kier molecular flexibility index (Phi) is 6.41. The van der Waals surface area contributed by atoms with Crippen LogP contribution in [0.2, 0.25) is 0 Å². The van der Waals surface area contributed by atoms with Crippen LogP contribution < -0.4 is 0 Å². The summed E-state index contributed by atoms with van der Waals surface area (Å²) in [6, 6.07) is 0. The molecule has 4 nitrogen and oxygen atoms in total. The molecule has 0 saturated carbocycles. The maximum absolute atomic E-state index is 10.4. The number of aliphatic hydroxyl groups is 1. The molecule has 4 heteroatoms. The molecule has 1 saturated heterocycles. The van der Waals surface area contributed by atoms with Gasteiger partial charge in [0.05, 0.1) is 19.3 Å². The lowest BCUT2D eigenvalue weighted by Crippen LogP contribution is -2.57. The third-order valence-corrected chi connectivity index (χ3v) is 3.99. The molecular weight excluding hydrogens is 218 g/mol. The number of ether oxygens (including phenoxy) is 2. The zero-order chi connectivity index (χ0) is 12.7. The fourth-order valence-electron chi connectivity index (χ4n) is 2.48. The van der Waals surface area contributed by atoms with Crippen LogP contribution in [0.15, 0.2) is 0 Å². The molecule has 0 aromatic carbocycles. The molecule has 0 aromatic rings. The molecule has 1 heterocycles. The summed E-state index contributed by atoms with van der Waals surface area (Å²) in [4.78, 5) is 2.37. The summed E-state index contributed by atoms with van der Waals surface area (Å²) >= 11 is 0. The molecule has 1 fully saturated rings. The van der Waals surface area contributed by atoms with Crippen molar-refractivity contribution in [2.45, 2.75) is 44.8 Å². The average Bonchev–Trinajstić information content (AvgIpc) is 2.39. The van der Waals surface area contributed by atoms with Crippen LogP contribution in [-0.4, -0.2) is 61.7 Å². The number of hydrogen-bond donors (Lipinski definition) is 1. The molecule has 17 heavy (non-hydrogen) atoms. The second kappa shape index (κ2) is 7.31. The van der Waals surface area contributed by atoms with E-state index in [-0.39, 0.29) is 11.6 Å². The average molecular weight is 245 g/mol. The Morgan fingerprint density at radius 1 is 1.41 bits per heavy atom. The third-order valence-electron chi connectivity index (χ3n) is 3.99. The molecule has 1 rings (SSSR count). The van der Waals surface area contributed by atoms with Gasteiger partial charge in [-0.15, -0.1) is 0 Å². The molecule has 0 spiro atoms. The number of morpholine rings is 1. The van der Waals surface area contributed by atoms with Gasteiger partial charge in [0.15, 0.2) is 0 Å². The first kappa shape index (κ1) is 14.9. The van der Waals surface area contributed by atoms with Crippen LogP contribution in [0.25, 0.3) is 0 Å². The first-order chi connectivity index (χ1) is 8.15. The molecule has 1 aliphatic rings. The quantitative estimate of drug-likeness (QED) is 0.686. The maximum Gasteiger partial charge on any atom is 0.0721 e. The van der Waals surface area contributed by atoms with Crippen molar-refractivity contribution in [1.29, 1.82) is 0 Å². The smallest absolute Gasteiger partial charge is 0.0721 e. The van der Waals surface area contributed by atoms with Crippen molar-refractivity contribution in [2.24, 2.45) is 0 Å². The first-order valence-corrected chi connectivity index (χ1v) is 6.65. The van der Waals surface area contributed by atoms with Crippen LogP contribution in [0.1, 0.15) is 33.1 Å². The second-order valence-electron chi connectivity index (χ2n) is 4.96. The van der Waals surface area contributed by atoms with Gasteiger partial charge in [-0.3, -0.25) is 4.90 Å². The van der Waals surface area contributed by atoms with Gasteiger partial charge in [0.2, 0.25) is 0 Å². The molecule has 102 valence electrons. The van der Waals surface area contributed by atoms with Gasteiger partial charge < -0.3 is 14.6 Å². The van der Waals surface area contributed by atoms with E-state index in [4.69, 9.17) is 9.47 Å². The van der Waals surface area contributed by atoms with Crippen LogP contribution in [0.5, 0.6) is 0 Å². The number of aliphatic hydroxyl groups excluding tert-OH is 1. The van der Waals surface area contributed by atoms with Crippen molar-refractivity contribution in [3.8, 4) is 0 Å². The molecular formula is C13H27NO3. The molecule has 0 bridgehead atoms. The van der Waals surface area contributed by atoms with Gasteiger partial charge in [-0.2, -0.15) is 0 Å². The summed E-state index contributed by atoms with van der Waals surface area (Å²) in [5.74, 6) is 0. The fourth-order valence-corrected chi connectivity index (χ4v) is 2.48.